The molecule has 0 aliphatic heterocycles. The van der Waals surface area contributed by atoms with Crippen LogP contribution in [0.2, 0.25) is 0 Å². The molecule has 0 fully saturated rings. The largest absolute Gasteiger partial charge is 1.00 e. The third-order valence-corrected chi connectivity index (χ3v) is 2.36. The average Bonchev–Trinajstić information content (AvgIpc) is 1.82. The molecule has 0 aliphatic rings. The second kappa shape index (κ2) is 4.88. The Morgan fingerprint density at radius 2 is 1.23 bits per heavy atom. The number of aliphatic carboxylic acids is 2. The van der Waals surface area contributed by atoms with Gasteiger partial charge in [0.05, 0.1) is 0 Å². The smallest absolute Gasteiger partial charge is 1.00 e. The van der Waals surface area contributed by atoms with Crippen LogP contribution in [0.1, 0.15) is 29.1 Å². The van der Waals surface area contributed by atoms with Crippen molar-refractivity contribution in [1.82, 2.24) is 0 Å². The van der Waals surface area contributed by atoms with E-state index in [9.17, 15) is 9.59 Å². The van der Waals surface area contributed by atoms with E-state index in [0.717, 1.165) is 0 Å². The van der Waals surface area contributed by atoms with Gasteiger partial charge < -0.3 is 11.6 Å². The Labute approximate surface area is 122 Å². The molecule has 0 bridgehead atoms. The van der Waals surface area contributed by atoms with Gasteiger partial charge in [-0.25, -0.2) is 0 Å². The second-order valence-corrected chi connectivity index (χ2v) is 3.99. The number of carbonyl (C=O) groups is 2. The van der Waals surface area contributed by atoms with Crippen molar-refractivity contribution in [3.63, 3.8) is 0 Å². The molecule has 0 aromatic rings. The van der Waals surface area contributed by atoms with Crippen LogP contribution in [-0.2, 0) is 9.59 Å². The Bertz CT molecular complexity index is 208. The summed E-state index contributed by atoms with van der Waals surface area (Å²) >= 11 is 0. The minimum absolute atomic E-state index is 0. The van der Waals surface area contributed by atoms with E-state index in [4.69, 9.17) is 10.2 Å². The van der Waals surface area contributed by atoms with Gasteiger partial charge in [0.1, 0.15) is 0 Å². The van der Waals surface area contributed by atoms with Gasteiger partial charge in [-0.3, -0.25) is 9.59 Å². The van der Waals surface area contributed by atoms with E-state index in [2.05, 4.69) is 0 Å². The fraction of sp³-hybridized carbons (Fsp3) is 0.750. The first-order chi connectivity index (χ1) is 5.14. The molecular weight excluding hydrogens is 199 g/mol. The molecule has 0 amide bonds. The minimum atomic E-state index is -1.73. The summed E-state index contributed by atoms with van der Waals surface area (Å²) in [6, 6.07) is 0. The monoisotopic (exact) mass is 214 g/mol. The molecule has 4 nitrogen and oxygen atoms in total. The SMILES string of the molecule is CC(C)(C)C(C)(C(=O)O)C(=O)O.[H-].[K+]. The first-order valence-corrected chi connectivity index (χ1v) is 3.61. The second-order valence-electron chi connectivity index (χ2n) is 3.99. The van der Waals surface area contributed by atoms with Crippen LogP contribution in [0.4, 0.5) is 0 Å². The summed E-state index contributed by atoms with van der Waals surface area (Å²) in [7, 11) is 0. The van der Waals surface area contributed by atoms with Gasteiger partial charge in [-0.05, 0) is 12.3 Å². The van der Waals surface area contributed by atoms with E-state index >= 15 is 0 Å². The molecule has 2 N–H and O–H groups in total. The molecule has 0 aromatic heterocycles. The zero-order valence-electron chi connectivity index (χ0n) is 9.71. The van der Waals surface area contributed by atoms with E-state index in [-0.39, 0.29) is 52.8 Å². The summed E-state index contributed by atoms with van der Waals surface area (Å²) < 4.78 is 0. The standard InChI is InChI=1S/C8H14O4.K.H/c1-7(2,3)8(4,5(9)10)6(11)12;;/h1-4H3,(H,9,10)(H,11,12);;/q;+1;-1. The molecule has 0 unspecified atom stereocenters. The van der Waals surface area contributed by atoms with Gasteiger partial charge in [0.2, 0.25) is 0 Å². The van der Waals surface area contributed by atoms with Crippen LogP contribution < -0.4 is 51.4 Å². The molecule has 72 valence electrons. The van der Waals surface area contributed by atoms with E-state index in [1.165, 1.54) is 6.92 Å². The van der Waals surface area contributed by atoms with Gasteiger partial charge in [0, 0.05) is 0 Å². The van der Waals surface area contributed by atoms with E-state index in [1.54, 1.807) is 20.8 Å². The Balaban J connectivity index is -0.000000605. The van der Waals surface area contributed by atoms with Crippen molar-refractivity contribution in [3.8, 4) is 0 Å². The normalized spacial score (nSPS) is 11.7. The molecule has 0 spiro atoms. The maximum Gasteiger partial charge on any atom is 1.00 e. The molecule has 0 radical (unpaired) electrons. The van der Waals surface area contributed by atoms with Crippen molar-refractivity contribution in [2.24, 2.45) is 10.8 Å². The van der Waals surface area contributed by atoms with E-state index in [1.807, 2.05) is 0 Å². The van der Waals surface area contributed by atoms with Crippen LogP contribution in [0.5, 0.6) is 0 Å². The van der Waals surface area contributed by atoms with Gasteiger partial charge in [-0.2, -0.15) is 0 Å². The molecule has 5 heteroatoms. The third kappa shape index (κ3) is 3.02. The summed E-state index contributed by atoms with van der Waals surface area (Å²) in [5.74, 6) is -2.61. The van der Waals surface area contributed by atoms with E-state index in [0.29, 0.717) is 0 Å². The van der Waals surface area contributed by atoms with Gasteiger partial charge in [0.25, 0.3) is 0 Å². The molecule has 0 saturated heterocycles. The summed E-state index contributed by atoms with van der Waals surface area (Å²) in [4.78, 5) is 21.5. The van der Waals surface area contributed by atoms with Gasteiger partial charge in [0.15, 0.2) is 5.41 Å². The van der Waals surface area contributed by atoms with Crippen LogP contribution in [0.15, 0.2) is 0 Å². The van der Waals surface area contributed by atoms with Gasteiger partial charge in [-0.15, -0.1) is 0 Å². The summed E-state index contributed by atoms with van der Waals surface area (Å²) in [5.41, 5.74) is -2.53. The number of carboxylic acid groups (broad SMARTS) is 2. The maximum atomic E-state index is 10.7. The number of hydrogen-bond acceptors (Lipinski definition) is 2. The van der Waals surface area contributed by atoms with Gasteiger partial charge >= 0.3 is 63.3 Å². The van der Waals surface area contributed by atoms with Gasteiger partial charge in [-0.1, -0.05) is 20.8 Å². The van der Waals surface area contributed by atoms with E-state index < -0.39 is 22.8 Å². The zero-order valence-corrected chi connectivity index (χ0v) is 11.8. The third-order valence-electron chi connectivity index (χ3n) is 2.36. The first-order valence-electron chi connectivity index (χ1n) is 3.61. The number of carboxylic acids is 2. The van der Waals surface area contributed by atoms with Crippen LogP contribution in [0, 0.1) is 10.8 Å². The predicted molar refractivity (Wildman–Crippen MR) is 43.9 cm³/mol. The van der Waals surface area contributed by atoms with Crippen molar-refractivity contribution >= 4 is 11.9 Å². The molecule has 0 heterocycles. The van der Waals surface area contributed by atoms with Crippen LogP contribution in [0.25, 0.3) is 0 Å². The topological polar surface area (TPSA) is 74.6 Å². The fourth-order valence-electron chi connectivity index (χ4n) is 0.733. The minimum Gasteiger partial charge on any atom is -1.00 e. The molecule has 0 saturated carbocycles. The summed E-state index contributed by atoms with van der Waals surface area (Å²) in [6.07, 6.45) is 0. The van der Waals surface area contributed by atoms with Crippen LogP contribution in [0.3, 0.4) is 0 Å². The molecule has 0 aliphatic carbocycles. The quantitative estimate of drug-likeness (QED) is 0.425. The first kappa shape index (κ1) is 16.0. The van der Waals surface area contributed by atoms with Crippen LogP contribution >= 0.6 is 0 Å². The molecule has 0 atom stereocenters. The zero-order chi connectivity index (χ0) is 10.2. The molecule has 0 aromatic carbocycles. The summed E-state index contributed by atoms with van der Waals surface area (Å²) in [5, 5.41) is 17.5. The number of rotatable bonds is 2. The predicted octanol–water partition coefficient (Wildman–Crippen LogP) is -1.68. The molecule has 13 heavy (non-hydrogen) atoms. The molecule has 0 rings (SSSR count). The maximum absolute atomic E-state index is 10.7. The fourth-order valence-corrected chi connectivity index (χ4v) is 0.733. The van der Waals surface area contributed by atoms with Crippen molar-refractivity contribution in [1.29, 1.82) is 0 Å². The Hall–Kier alpha value is 0.576. The molecular formula is C8H15KO4. The van der Waals surface area contributed by atoms with Crippen molar-refractivity contribution < 1.29 is 72.6 Å². The Kier molecular flexibility index (Phi) is 6.02. The van der Waals surface area contributed by atoms with Crippen molar-refractivity contribution in [2.75, 3.05) is 0 Å². The Morgan fingerprint density at radius 1 is 1.00 bits per heavy atom. The average molecular weight is 214 g/mol. The van der Waals surface area contributed by atoms with Crippen LogP contribution in [-0.4, -0.2) is 22.2 Å². The van der Waals surface area contributed by atoms with Crippen molar-refractivity contribution in [3.05, 3.63) is 0 Å². The van der Waals surface area contributed by atoms with Crippen molar-refractivity contribution in [2.45, 2.75) is 27.7 Å². The Morgan fingerprint density at radius 3 is 1.23 bits per heavy atom. The number of hydrogen-bond donors (Lipinski definition) is 2. The summed E-state index contributed by atoms with van der Waals surface area (Å²) in [6.45, 7) is 6.00.